The molecule has 0 saturated carbocycles. The molecule has 1 aromatic heterocycles. The topological polar surface area (TPSA) is 90.6 Å². The Morgan fingerprint density at radius 1 is 1.09 bits per heavy atom. The third-order valence-corrected chi connectivity index (χ3v) is 5.73. The van der Waals surface area contributed by atoms with Crippen LogP contribution >= 0.6 is 0 Å². The number of fused-ring (bicyclic) bond motifs is 1. The summed E-state index contributed by atoms with van der Waals surface area (Å²) in [4.78, 5) is 22.7. The monoisotopic (exact) mass is 430 g/mol. The number of carboxylic acid groups (broad SMARTS) is 1. The average Bonchev–Trinajstić information content (AvgIpc) is 3.20. The van der Waals surface area contributed by atoms with Crippen LogP contribution in [0.15, 0.2) is 60.7 Å². The summed E-state index contributed by atoms with van der Waals surface area (Å²) in [7, 11) is 3.17. The van der Waals surface area contributed by atoms with Crippen molar-refractivity contribution in [1.82, 2.24) is 9.78 Å². The number of allylic oxidation sites excluding steroid dienone is 2. The lowest BCUT2D eigenvalue weighted by Gasteiger charge is -2.35. The minimum Gasteiger partial charge on any atom is -0.493 e. The molecule has 7 heteroatoms. The Balaban J connectivity index is 1.96. The van der Waals surface area contributed by atoms with Crippen molar-refractivity contribution in [3.63, 3.8) is 0 Å². The standard InChI is InChI=1S/C25H22N2O5/c1-31-21-10-9-18(15-22(21)32-2)25(17-7-4-3-5-8-17)12-11-19-20(16-25)27(13-6-14-28)26-23(19)24(29)30/h3-15H,16H2,1-2H3,(H,29,30). The van der Waals surface area contributed by atoms with Crippen LogP contribution in [0.4, 0.5) is 0 Å². The van der Waals surface area contributed by atoms with Gasteiger partial charge in [0.2, 0.25) is 0 Å². The molecule has 1 heterocycles. The minimum atomic E-state index is -1.12. The highest BCUT2D eigenvalue weighted by Gasteiger charge is 2.38. The van der Waals surface area contributed by atoms with E-state index < -0.39 is 11.4 Å². The van der Waals surface area contributed by atoms with Gasteiger partial charge in [0.05, 0.1) is 19.9 Å². The molecule has 32 heavy (non-hydrogen) atoms. The van der Waals surface area contributed by atoms with E-state index in [0.29, 0.717) is 35.5 Å². The number of carboxylic acids is 1. The van der Waals surface area contributed by atoms with Crippen LogP contribution in [0.2, 0.25) is 0 Å². The highest BCUT2D eigenvalue weighted by Crippen LogP contribution is 2.44. The van der Waals surface area contributed by atoms with Crippen LogP contribution in [0.5, 0.6) is 11.5 Å². The maximum atomic E-state index is 11.8. The van der Waals surface area contributed by atoms with E-state index in [1.807, 2.05) is 54.6 Å². The lowest BCUT2D eigenvalue weighted by Crippen LogP contribution is -2.31. The van der Waals surface area contributed by atoms with Crippen molar-refractivity contribution in [2.24, 2.45) is 0 Å². The SMILES string of the molecule is COc1ccc(C2(c3ccccc3)C=Cc3c(C(=O)O)nn(C=CC=O)c3C2)cc1OC. The van der Waals surface area contributed by atoms with Gasteiger partial charge < -0.3 is 14.6 Å². The zero-order chi connectivity index (χ0) is 22.7. The minimum absolute atomic E-state index is 0.0548. The number of ether oxygens (including phenoxy) is 2. The fraction of sp³-hybridized carbons (Fsp3) is 0.160. The number of rotatable bonds is 7. The van der Waals surface area contributed by atoms with Crippen molar-refractivity contribution in [2.75, 3.05) is 14.2 Å². The van der Waals surface area contributed by atoms with Gasteiger partial charge in [0.15, 0.2) is 17.2 Å². The van der Waals surface area contributed by atoms with Crippen LogP contribution in [0.1, 0.15) is 32.9 Å². The van der Waals surface area contributed by atoms with Gasteiger partial charge in [-0.1, -0.05) is 48.6 Å². The van der Waals surface area contributed by atoms with Crippen LogP contribution in [-0.4, -0.2) is 41.4 Å². The van der Waals surface area contributed by atoms with Crippen molar-refractivity contribution < 1.29 is 24.2 Å². The fourth-order valence-electron chi connectivity index (χ4n) is 4.19. The Kier molecular flexibility index (Phi) is 5.64. The van der Waals surface area contributed by atoms with Gasteiger partial charge in [-0.25, -0.2) is 9.48 Å². The van der Waals surface area contributed by atoms with Crippen LogP contribution in [0.25, 0.3) is 12.3 Å². The van der Waals surface area contributed by atoms with Gasteiger partial charge in [-0.3, -0.25) is 4.79 Å². The number of carbonyl (C=O) groups excluding carboxylic acids is 1. The number of hydrogen-bond donors (Lipinski definition) is 1. The van der Waals surface area contributed by atoms with Crippen molar-refractivity contribution >= 4 is 24.5 Å². The van der Waals surface area contributed by atoms with Gasteiger partial charge in [-0.05, 0) is 29.3 Å². The largest absolute Gasteiger partial charge is 0.493 e. The van der Waals surface area contributed by atoms with Crippen molar-refractivity contribution in [1.29, 1.82) is 0 Å². The number of carbonyl (C=O) groups is 2. The molecule has 2 aromatic carbocycles. The molecule has 162 valence electrons. The molecule has 0 saturated heterocycles. The maximum Gasteiger partial charge on any atom is 0.357 e. The van der Waals surface area contributed by atoms with Gasteiger partial charge in [0.1, 0.15) is 6.29 Å². The molecule has 0 amide bonds. The summed E-state index contributed by atoms with van der Waals surface area (Å²) in [5, 5.41) is 13.9. The fourth-order valence-corrected chi connectivity index (χ4v) is 4.19. The Hall–Kier alpha value is -4.13. The second kappa shape index (κ2) is 8.55. The Bertz CT molecular complexity index is 1230. The summed E-state index contributed by atoms with van der Waals surface area (Å²) in [5.74, 6) is 0.0922. The first-order valence-electron chi connectivity index (χ1n) is 9.98. The lowest BCUT2D eigenvalue weighted by molar-refractivity contribution is -0.104. The predicted molar refractivity (Wildman–Crippen MR) is 120 cm³/mol. The maximum absolute atomic E-state index is 11.8. The Morgan fingerprint density at radius 2 is 1.84 bits per heavy atom. The molecular weight excluding hydrogens is 408 g/mol. The number of aromatic nitrogens is 2. The van der Waals surface area contributed by atoms with Gasteiger partial charge in [0.25, 0.3) is 0 Å². The number of aldehydes is 1. The molecule has 0 aliphatic heterocycles. The van der Waals surface area contributed by atoms with Gasteiger partial charge >= 0.3 is 5.97 Å². The summed E-state index contributed by atoms with van der Waals surface area (Å²) >= 11 is 0. The third kappa shape index (κ3) is 3.47. The van der Waals surface area contributed by atoms with E-state index in [2.05, 4.69) is 5.10 Å². The van der Waals surface area contributed by atoms with E-state index in [1.165, 1.54) is 17.0 Å². The molecule has 1 N–H and O–H groups in total. The van der Waals surface area contributed by atoms with Crippen LogP contribution in [0, 0.1) is 0 Å². The number of benzene rings is 2. The predicted octanol–water partition coefficient (Wildman–Crippen LogP) is 3.82. The number of nitrogens with zero attached hydrogens (tertiary/aromatic N) is 2. The summed E-state index contributed by atoms with van der Waals surface area (Å²) < 4.78 is 12.4. The molecule has 1 aliphatic carbocycles. The molecule has 0 spiro atoms. The lowest BCUT2D eigenvalue weighted by atomic mass is 9.68. The number of hydrogen-bond acceptors (Lipinski definition) is 5. The Morgan fingerprint density at radius 3 is 2.50 bits per heavy atom. The van der Waals surface area contributed by atoms with E-state index in [1.54, 1.807) is 20.3 Å². The zero-order valence-electron chi connectivity index (χ0n) is 17.7. The first-order chi connectivity index (χ1) is 15.5. The molecule has 1 aliphatic rings. The molecule has 3 aromatic rings. The van der Waals surface area contributed by atoms with Crippen molar-refractivity contribution in [2.45, 2.75) is 11.8 Å². The van der Waals surface area contributed by atoms with E-state index in [4.69, 9.17) is 9.47 Å². The van der Waals surface area contributed by atoms with Gasteiger partial charge in [0, 0.05) is 23.6 Å². The van der Waals surface area contributed by atoms with Crippen molar-refractivity contribution in [3.8, 4) is 11.5 Å². The first-order valence-corrected chi connectivity index (χ1v) is 9.98. The molecule has 7 nitrogen and oxygen atoms in total. The summed E-state index contributed by atoms with van der Waals surface area (Å²) in [6.07, 6.45) is 7.63. The van der Waals surface area contributed by atoms with Crippen LogP contribution < -0.4 is 9.47 Å². The molecule has 4 rings (SSSR count). The van der Waals surface area contributed by atoms with E-state index in [-0.39, 0.29) is 5.69 Å². The molecule has 1 atom stereocenters. The van der Waals surface area contributed by atoms with Crippen LogP contribution in [-0.2, 0) is 16.6 Å². The molecule has 0 fully saturated rings. The highest BCUT2D eigenvalue weighted by atomic mass is 16.5. The van der Waals surface area contributed by atoms with Crippen molar-refractivity contribution in [3.05, 3.63) is 88.8 Å². The van der Waals surface area contributed by atoms with E-state index in [0.717, 1.165) is 11.1 Å². The quantitative estimate of drug-likeness (QED) is 0.453. The summed E-state index contributed by atoms with van der Waals surface area (Å²) in [5.41, 5.74) is 2.53. The third-order valence-electron chi connectivity index (χ3n) is 5.73. The second-order valence-corrected chi connectivity index (χ2v) is 7.35. The van der Waals surface area contributed by atoms with E-state index in [9.17, 15) is 14.7 Å². The summed E-state index contributed by atoms with van der Waals surface area (Å²) in [6.45, 7) is 0. The molecular formula is C25H22N2O5. The first kappa shape index (κ1) is 21.1. The Labute approximate surface area is 185 Å². The number of aromatic carboxylic acids is 1. The van der Waals surface area contributed by atoms with E-state index >= 15 is 0 Å². The molecule has 0 radical (unpaired) electrons. The molecule has 0 bridgehead atoms. The smallest absolute Gasteiger partial charge is 0.357 e. The van der Waals surface area contributed by atoms with Crippen LogP contribution in [0.3, 0.4) is 0 Å². The average molecular weight is 430 g/mol. The van der Waals surface area contributed by atoms with Gasteiger partial charge in [-0.2, -0.15) is 5.10 Å². The second-order valence-electron chi connectivity index (χ2n) is 7.35. The number of methoxy groups -OCH3 is 2. The van der Waals surface area contributed by atoms with Gasteiger partial charge in [-0.15, -0.1) is 0 Å². The molecule has 1 unspecified atom stereocenters. The highest BCUT2D eigenvalue weighted by molar-refractivity contribution is 5.91. The normalized spacial score (nSPS) is 17.2. The summed E-state index contributed by atoms with van der Waals surface area (Å²) in [6, 6.07) is 15.7. The zero-order valence-corrected chi connectivity index (χ0v) is 17.7.